The Labute approximate surface area is 144 Å². The van der Waals surface area contributed by atoms with Crippen molar-refractivity contribution in [1.82, 2.24) is 4.72 Å². The van der Waals surface area contributed by atoms with E-state index in [1.165, 1.54) is 31.4 Å². The van der Waals surface area contributed by atoms with Gasteiger partial charge < -0.3 is 4.74 Å². The highest BCUT2D eigenvalue weighted by molar-refractivity contribution is 7.90. The van der Waals surface area contributed by atoms with Gasteiger partial charge in [-0.05, 0) is 31.9 Å². The third-order valence-corrected chi connectivity index (χ3v) is 5.55. The average molecular weight is 353 g/mol. The second-order valence-electron chi connectivity index (χ2n) is 6.46. The van der Waals surface area contributed by atoms with Gasteiger partial charge in [-0.15, -0.1) is 0 Å². The van der Waals surface area contributed by atoms with E-state index in [-0.39, 0.29) is 11.3 Å². The molecule has 0 aromatic heterocycles. The number of unbranched alkanes of at least 4 members (excludes halogenated alkanes) is 5. The van der Waals surface area contributed by atoms with Gasteiger partial charge >= 0.3 is 0 Å². The molecule has 0 bridgehead atoms. The molecule has 0 radical (unpaired) electrons. The number of carbonyl (C=O) groups excluding carboxylic acids is 1. The van der Waals surface area contributed by atoms with Gasteiger partial charge in [-0.3, -0.25) is 4.79 Å². The van der Waals surface area contributed by atoms with Crippen LogP contribution in [0, 0.1) is 6.92 Å². The molecule has 134 valence electrons. The van der Waals surface area contributed by atoms with E-state index in [9.17, 15) is 13.2 Å². The molecule has 0 spiro atoms. The number of aryl methyl sites for hydroxylation is 1. The molecule has 5 nitrogen and oxygen atoms in total. The first-order valence-electron chi connectivity index (χ1n) is 8.71. The highest BCUT2D eigenvalue weighted by atomic mass is 32.2. The van der Waals surface area contributed by atoms with Crippen LogP contribution in [0.5, 0.6) is 0 Å². The van der Waals surface area contributed by atoms with E-state index in [1.807, 2.05) is 6.92 Å². The Morgan fingerprint density at radius 1 is 1.08 bits per heavy atom. The summed E-state index contributed by atoms with van der Waals surface area (Å²) < 4.78 is 31.5. The minimum atomic E-state index is -3.74. The van der Waals surface area contributed by atoms with Crippen LogP contribution in [0.2, 0.25) is 0 Å². The van der Waals surface area contributed by atoms with E-state index in [4.69, 9.17) is 4.74 Å². The lowest BCUT2D eigenvalue weighted by molar-refractivity contribution is -0.119. The summed E-state index contributed by atoms with van der Waals surface area (Å²) in [5.74, 6) is -0.429. The molecular weight excluding hydrogens is 326 g/mol. The SMILES string of the molecule is Cc1ccc(S(=O)(=O)NC(=O)CCCCCCCCC2CO2)cc1. The number of hydrogen-bond acceptors (Lipinski definition) is 4. The molecule has 1 amide bonds. The van der Waals surface area contributed by atoms with Gasteiger partial charge in [-0.1, -0.05) is 49.8 Å². The number of benzene rings is 1. The maximum Gasteiger partial charge on any atom is 0.264 e. The summed E-state index contributed by atoms with van der Waals surface area (Å²) in [6, 6.07) is 6.46. The second kappa shape index (κ2) is 9.18. The zero-order chi connectivity index (χ0) is 17.4. The lowest BCUT2D eigenvalue weighted by Gasteiger charge is -2.07. The first kappa shape index (κ1) is 18.9. The number of rotatable bonds is 11. The van der Waals surface area contributed by atoms with Crippen molar-refractivity contribution in [1.29, 1.82) is 0 Å². The zero-order valence-corrected chi connectivity index (χ0v) is 15.1. The summed E-state index contributed by atoms with van der Waals surface area (Å²) >= 11 is 0. The average Bonchev–Trinajstić information content (AvgIpc) is 3.34. The van der Waals surface area contributed by atoms with Crippen molar-refractivity contribution in [2.24, 2.45) is 0 Å². The second-order valence-corrected chi connectivity index (χ2v) is 8.14. The highest BCUT2D eigenvalue weighted by Crippen LogP contribution is 2.18. The molecule has 1 fully saturated rings. The van der Waals surface area contributed by atoms with Crippen LogP contribution in [0.3, 0.4) is 0 Å². The molecule has 1 saturated heterocycles. The molecule has 1 aliphatic rings. The summed E-state index contributed by atoms with van der Waals surface area (Å²) in [6.07, 6.45) is 8.27. The predicted octanol–water partition coefficient (Wildman–Crippen LogP) is 3.32. The van der Waals surface area contributed by atoms with Crippen LogP contribution >= 0.6 is 0 Å². The summed E-state index contributed by atoms with van der Waals surface area (Å²) in [4.78, 5) is 11.9. The van der Waals surface area contributed by atoms with Crippen LogP contribution in [-0.2, 0) is 19.6 Å². The summed E-state index contributed by atoms with van der Waals surface area (Å²) in [5.41, 5.74) is 0.977. The number of sulfonamides is 1. The standard InChI is InChI=1S/C18H27NO4S/c1-15-10-12-17(13-11-15)24(21,22)19-18(20)9-7-5-3-2-4-6-8-16-14-23-16/h10-13,16H,2-9,14H2,1H3,(H,19,20). The molecule has 1 aromatic rings. The first-order chi connectivity index (χ1) is 11.5. The molecule has 1 unspecified atom stereocenters. The molecule has 1 N–H and O–H groups in total. The molecule has 1 aromatic carbocycles. The Kier molecular flexibility index (Phi) is 7.24. The number of carbonyl (C=O) groups is 1. The fraction of sp³-hybridized carbons (Fsp3) is 0.611. The number of amides is 1. The Balaban J connectivity index is 1.57. The number of hydrogen-bond donors (Lipinski definition) is 1. The van der Waals surface area contributed by atoms with Gasteiger partial charge in [0.05, 0.1) is 17.6 Å². The third-order valence-electron chi connectivity index (χ3n) is 4.16. The monoisotopic (exact) mass is 353 g/mol. The Hall–Kier alpha value is -1.40. The lowest BCUT2D eigenvalue weighted by Crippen LogP contribution is -2.30. The van der Waals surface area contributed by atoms with Crippen LogP contribution in [0.4, 0.5) is 0 Å². The Bertz CT molecular complexity index is 621. The van der Waals surface area contributed by atoms with Crippen LogP contribution in [0.15, 0.2) is 29.2 Å². The van der Waals surface area contributed by atoms with Crippen LogP contribution in [0.25, 0.3) is 0 Å². The van der Waals surface area contributed by atoms with E-state index >= 15 is 0 Å². The first-order valence-corrected chi connectivity index (χ1v) is 10.2. The summed E-state index contributed by atoms with van der Waals surface area (Å²) in [7, 11) is -3.74. The molecule has 6 heteroatoms. The van der Waals surface area contributed by atoms with Crippen molar-refractivity contribution in [2.75, 3.05) is 6.61 Å². The zero-order valence-electron chi connectivity index (χ0n) is 14.3. The largest absolute Gasteiger partial charge is 0.373 e. The fourth-order valence-electron chi connectivity index (χ4n) is 2.58. The number of nitrogens with one attached hydrogen (secondary N) is 1. The fourth-order valence-corrected chi connectivity index (χ4v) is 3.59. The van der Waals surface area contributed by atoms with E-state index in [1.54, 1.807) is 12.1 Å². The van der Waals surface area contributed by atoms with Crippen molar-refractivity contribution < 1.29 is 17.9 Å². The Morgan fingerprint density at radius 2 is 1.67 bits per heavy atom. The van der Waals surface area contributed by atoms with E-state index in [2.05, 4.69) is 4.72 Å². The predicted molar refractivity (Wildman–Crippen MR) is 93.2 cm³/mol. The molecule has 1 aliphatic heterocycles. The van der Waals surface area contributed by atoms with Crippen LogP contribution < -0.4 is 4.72 Å². The van der Waals surface area contributed by atoms with E-state index < -0.39 is 15.9 Å². The smallest absolute Gasteiger partial charge is 0.264 e. The van der Waals surface area contributed by atoms with Crippen LogP contribution in [-0.4, -0.2) is 27.0 Å². The van der Waals surface area contributed by atoms with E-state index in [0.29, 0.717) is 6.10 Å². The van der Waals surface area contributed by atoms with Gasteiger partial charge in [0.2, 0.25) is 5.91 Å². The minimum Gasteiger partial charge on any atom is -0.373 e. The van der Waals surface area contributed by atoms with Crippen molar-refractivity contribution in [2.45, 2.75) is 69.3 Å². The van der Waals surface area contributed by atoms with Gasteiger partial charge in [0.1, 0.15) is 0 Å². The molecule has 24 heavy (non-hydrogen) atoms. The van der Waals surface area contributed by atoms with Gasteiger partial charge in [-0.2, -0.15) is 0 Å². The van der Waals surface area contributed by atoms with Crippen molar-refractivity contribution in [3.05, 3.63) is 29.8 Å². The molecular formula is C18H27NO4S. The lowest BCUT2D eigenvalue weighted by atomic mass is 10.1. The van der Waals surface area contributed by atoms with Gasteiger partial charge in [0.15, 0.2) is 0 Å². The van der Waals surface area contributed by atoms with Gasteiger partial charge in [0.25, 0.3) is 10.0 Å². The molecule has 0 saturated carbocycles. The maximum atomic E-state index is 12.1. The third kappa shape index (κ3) is 7.01. The normalized spacial score (nSPS) is 16.8. The van der Waals surface area contributed by atoms with Gasteiger partial charge in [0, 0.05) is 6.42 Å². The molecule has 1 atom stereocenters. The minimum absolute atomic E-state index is 0.126. The van der Waals surface area contributed by atoms with Crippen molar-refractivity contribution in [3.8, 4) is 0 Å². The maximum absolute atomic E-state index is 12.1. The molecule has 1 heterocycles. The van der Waals surface area contributed by atoms with Crippen LogP contribution in [0.1, 0.15) is 56.9 Å². The summed E-state index contributed by atoms with van der Waals surface area (Å²) in [5, 5.41) is 0. The van der Waals surface area contributed by atoms with E-state index in [0.717, 1.165) is 37.9 Å². The highest BCUT2D eigenvalue weighted by Gasteiger charge is 2.20. The number of ether oxygens (including phenoxy) is 1. The Morgan fingerprint density at radius 3 is 2.29 bits per heavy atom. The topological polar surface area (TPSA) is 75.8 Å². The summed E-state index contributed by atoms with van der Waals surface area (Å²) in [6.45, 7) is 2.81. The van der Waals surface area contributed by atoms with Crippen molar-refractivity contribution in [3.63, 3.8) is 0 Å². The molecule has 2 rings (SSSR count). The molecule has 0 aliphatic carbocycles. The number of epoxide rings is 1. The van der Waals surface area contributed by atoms with Crippen molar-refractivity contribution >= 4 is 15.9 Å². The quantitative estimate of drug-likeness (QED) is 0.489. The van der Waals surface area contributed by atoms with Gasteiger partial charge in [-0.25, -0.2) is 13.1 Å².